The first-order valence-corrected chi connectivity index (χ1v) is 9.94. The SMILES string of the molecule is CCCCc1ccc([C@@H]([NH2+]CC(=O)NCC(=O)NC)c2cccs2)cc1. The number of likely N-dealkylation sites (N-methyl/N-ethyl adjacent to an activating group) is 1. The van der Waals surface area contributed by atoms with Crippen LogP contribution in [0, 0.1) is 0 Å². The number of nitrogens with two attached hydrogens (primary N) is 1. The summed E-state index contributed by atoms with van der Waals surface area (Å²) in [5, 5.41) is 9.20. The van der Waals surface area contributed by atoms with Gasteiger partial charge in [-0.3, -0.25) is 9.59 Å². The van der Waals surface area contributed by atoms with Crippen LogP contribution in [-0.2, 0) is 16.0 Å². The lowest BCUT2D eigenvalue weighted by atomic mass is 10.0. The van der Waals surface area contributed by atoms with E-state index in [1.54, 1.807) is 18.4 Å². The molecule has 0 saturated heterocycles. The molecule has 0 aliphatic rings. The lowest BCUT2D eigenvalue weighted by molar-refractivity contribution is -0.676. The van der Waals surface area contributed by atoms with Crippen LogP contribution < -0.4 is 16.0 Å². The summed E-state index contributed by atoms with van der Waals surface area (Å²) in [6.45, 7) is 2.49. The van der Waals surface area contributed by atoms with Crippen molar-refractivity contribution in [2.45, 2.75) is 32.2 Å². The fraction of sp³-hybridized carbons (Fsp3) is 0.400. The number of aryl methyl sites for hydroxylation is 1. The lowest BCUT2D eigenvalue weighted by Crippen LogP contribution is -2.87. The van der Waals surface area contributed by atoms with E-state index < -0.39 is 0 Å². The van der Waals surface area contributed by atoms with Crippen molar-refractivity contribution in [3.8, 4) is 0 Å². The highest BCUT2D eigenvalue weighted by atomic mass is 32.1. The molecule has 0 fully saturated rings. The fourth-order valence-electron chi connectivity index (χ4n) is 2.72. The van der Waals surface area contributed by atoms with Crippen molar-refractivity contribution in [2.75, 3.05) is 20.1 Å². The minimum atomic E-state index is -0.198. The van der Waals surface area contributed by atoms with Crippen molar-refractivity contribution in [1.29, 1.82) is 0 Å². The summed E-state index contributed by atoms with van der Waals surface area (Å²) < 4.78 is 0. The maximum atomic E-state index is 12.0. The summed E-state index contributed by atoms with van der Waals surface area (Å²) in [7, 11) is 1.55. The molecule has 0 radical (unpaired) electrons. The third-order valence-corrected chi connectivity index (χ3v) is 5.23. The Morgan fingerprint density at radius 1 is 1.15 bits per heavy atom. The van der Waals surface area contributed by atoms with E-state index in [0.717, 1.165) is 6.42 Å². The Morgan fingerprint density at radius 3 is 2.54 bits per heavy atom. The second-order valence-corrected chi connectivity index (χ2v) is 7.21. The summed E-state index contributed by atoms with van der Waals surface area (Å²) in [6.07, 6.45) is 3.50. The molecule has 2 aromatic rings. The minimum absolute atomic E-state index is 0.0129. The third kappa shape index (κ3) is 6.28. The van der Waals surface area contributed by atoms with Gasteiger partial charge in [-0.2, -0.15) is 0 Å². The molecule has 0 unspecified atom stereocenters. The van der Waals surface area contributed by atoms with E-state index >= 15 is 0 Å². The number of rotatable bonds is 10. The van der Waals surface area contributed by atoms with E-state index in [1.165, 1.54) is 28.8 Å². The van der Waals surface area contributed by atoms with Gasteiger partial charge in [-0.25, -0.2) is 0 Å². The minimum Gasteiger partial charge on any atom is -0.358 e. The zero-order chi connectivity index (χ0) is 18.8. The molecule has 140 valence electrons. The molecule has 1 aromatic carbocycles. The number of thiophene rings is 1. The van der Waals surface area contributed by atoms with Crippen LogP contribution in [0.15, 0.2) is 41.8 Å². The van der Waals surface area contributed by atoms with Crippen molar-refractivity contribution in [1.82, 2.24) is 10.6 Å². The van der Waals surface area contributed by atoms with Gasteiger partial charge < -0.3 is 16.0 Å². The largest absolute Gasteiger partial charge is 0.358 e. The van der Waals surface area contributed by atoms with Gasteiger partial charge in [0.25, 0.3) is 5.91 Å². The van der Waals surface area contributed by atoms with Gasteiger partial charge in [0.1, 0.15) is 6.04 Å². The molecule has 0 aliphatic heterocycles. The number of benzene rings is 1. The van der Waals surface area contributed by atoms with Crippen molar-refractivity contribution in [2.24, 2.45) is 0 Å². The second-order valence-electron chi connectivity index (χ2n) is 6.23. The molecule has 0 spiro atoms. The van der Waals surface area contributed by atoms with Gasteiger partial charge in [-0.1, -0.05) is 43.7 Å². The van der Waals surface area contributed by atoms with E-state index in [1.807, 2.05) is 11.4 Å². The number of hydrogen-bond donors (Lipinski definition) is 3. The Hall–Kier alpha value is -2.18. The first kappa shape index (κ1) is 20.1. The van der Waals surface area contributed by atoms with Gasteiger partial charge in [0.05, 0.1) is 11.4 Å². The van der Waals surface area contributed by atoms with E-state index in [4.69, 9.17) is 0 Å². The molecule has 6 heteroatoms. The summed E-state index contributed by atoms with van der Waals surface area (Å²) in [4.78, 5) is 24.5. The van der Waals surface area contributed by atoms with Crippen LogP contribution in [0.1, 0.15) is 41.8 Å². The molecule has 26 heavy (non-hydrogen) atoms. The van der Waals surface area contributed by atoms with Crippen LogP contribution in [0.5, 0.6) is 0 Å². The van der Waals surface area contributed by atoms with Gasteiger partial charge >= 0.3 is 0 Å². The van der Waals surface area contributed by atoms with Gasteiger partial charge in [0.15, 0.2) is 6.54 Å². The molecule has 1 aromatic heterocycles. The third-order valence-electron chi connectivity index (χ3n) is 4.27. The van der Waals surface area contributed by atoms with Gasteiger partial charge in [-0.05, 0) is 29.9 Å². The standard InChI is InChI=1S/C20H27N3O2S/c1-3-4-6-15-8-10-16(11-9-15)20(17-7-5-12-26-17)23-14-19(25)22-13-18(24)21-2/h5,7-12,20,23H,3-4,6,13-14H2,1-2H3,(H,21,24)(H,22,25)/p+1/t20-/m1/s1. The molecule has 5 nitrogen and oxygen atoms in total. The topological polar surface area (TPSA) is 74.8 Å². The number of hydrogen-bond acceptors (Lipinski definition) is 3. The van der Waals surface area contributed by atoms with Crippen LogP contribution in [-0.4, -0.2) is 32.0 Å². The Kier molecular flexibility index (Phi) is 8.31. The van der Waals surface area contributed by atoms with Crippen molar-refractivity contribution in [3.05, 3.63) is 57.8 Å². The molecular formula is C20H28N3O2S+. The Balaban J connectivity index is 2.00. The smallest absolute Gasteiger partial charge is 0.275 e. The van der Waals surface area contributed by atoms with Crippen molar-refractivity contribution < 1.29 is 14.9 Å². The molecule has 1 atom stereocenters. The predicted octanol–water partition coefficient (Wildman–Crippen LogP) is 1.61. The Morgan fingerprint density at radius 2 is 1.92 bits per heavy atom. The number of carbonyl (C=O) groups excluding carboxylic acids is 2. The number of carbonyl (C=O) groups is 2. The zero-order valence-corrected chi connectivity index (χ0v) is 16.3. The number of quaternary nitrogens is 1. The van der Waals surface area contributed by atoms with Crippen LogP contribution in [0.2, 0.25) is 0 Å². The highest BCUT2D eigenvalue weighted by Crippen LogP contribution is 2.23. The van der Waals surface area contributed by atoms with E-state index in [0.29, 0.717) is 0 Å². The highest BCUT2D eigenvalue weighted by molar-refractivity contribution is 7.10. The van der Waals surface area contributed by atoms with E-state index in [-0.39, 0.29) is 30.9 Å². The molecule has 4 N–H and O–H groups in total. The lowest BCUT2D eigenvalue weighted by Gasteiger charge is -2.15. The molecular weight excluding hydrogens is 346 g/mol. The highest BCUT2D eigenvalue weighted by Gasteiger charge is 2.20. The summed E-state index contributed by atoms with van der Waals surface area (Å²) in [5.74, 6) is -0.342. The summed E-state index contributed by atoms with van der Waals surface area (Å²) in [6, 6.07) is 12.9. The summed E-state index contributed by atoms with van der Waals surface area (Å²) >= 11 is 1.69. The normalized spacial score (nSPS) is 11.8. The first-order valence-electron chi connectivity index (χ1n) is 9.07. The maximum absolute atomic E-state index is 12.0. The molecule has 0 saturated carbocycles. The van der Waals surface area contributed by atoms with Gasteiger partial charge in [-0.15, -0.1) is 11.3 Å². The predicted molar refractivity (Wildman–Crippen MR) is 105 cm³/mol. The number of nitrogens with one attached hydrogen (secondary N) is 2. The second kappa shape index (κ2) is 10.7. The van der Waals surface area contributed by atoms with E-state index in [9.17, 15) is 9.59 Å². The van der Waals surface area contributed by atoms with Crippen molar-refractivity contribution in [3.63, 3.8) is 0 Å². The number of amides is 2. The molecule has 0 aliphatic carbocycles. The van der Waals surface area contributed by atoms with Crippen molar-refractivity contribution >= 4 is 23.2 Å². The number of unbranched alkanes of at least 4 members (excludes halogenated alkanes) is 1. The van der Waals surface area contributed by atoms with Crippen LogP contribution in [0.3, 0.4) is 0 Å². The van der Waals surface area contributed by atoms with Crippen LogP contribution in [0.25, 0.3) is 0 Å². The van der Waals surface area contributed by atoms with Crippen LogP contribution in [0.4, 0.5) is 0 Å². The summed E-state index contributed by atoms with van der Waals surface area (Å²) in [5.41, 5.74) is 2.54. The molecule has 0 bridgehead atoms. The van der Waals surface area contributed by atoms with Gasteiger partial charge in [0.2, 0.25) is 5.91 Å². The quantitative estimate of drug-likeness (QED) is 0.591. The Labute approximate surface area is 159 Å². The van der Waals surface area contributed by atoms with E-state index in [2.05, 4.69) is 53.3 Å². The Bertz CT molecular complexity index is 684. The zero-order valence-electron chi connectivity index (χ0n) is 15.5. The molecule has 2 amide bonds. The maximum Gasteiger partial charge on any atom is 0.275 e. The average molecular weight is 375 g/mol. The first-order chi connectivity index (χ1) is 12.6. The fourth-order valence-corrected chi connectivity index (χ4v) is 3.57. The average Bonchev–Trinajstić information content (AvgIpc) is 3.20. The van der Waals surface area contributed by atoms with Crippen LogP contribution >= 0.6 is 11.3 Å². The van der Waals surface area contributed by atoms with Gasteiger partial charge in [0, 0.05) is 12.6 Å². The monoisotopic (exact) mass is 374 g/mol. The molecule has 1 heterocycles. The molecule has 2 rings (SSSR count).